The van der Waals surface area contributed by atoms with Crippen LogP contribution in [0.3, 0.4) is 0 Å². The lowest BCUT2D eigenvalue weighted by Gasteiger charge is -2.10. The molecule has 2 aromatic rings. The lowest BCUT2D eigenvalue weighted by Crippen LogP contribution is -2.24. The monoisotopic (exact) mass is 335 g/mol. The van der Waals surface area contributed by atoms with Crippen molar-refractivity contribution in [3.05, 3.63) is 39.8 Å². The Morgan fingerprint density at radius 2 is 1.91 bits per heavy atom. The van der Waals surface area contributed by atoms with E-state index >= 15 is 0 Å². The maximum Gasteiger partial charge on any atom is 0.280 e. The molecule has 0 saturated heterocycles. The Labute approximate surface area is 137 Å². The normalized spacial score (nSPS) is 10.0. The fourth-order valence-corrected chi connectivity index (χ4v) is 2.60. The Morgan fingerprint density at radius 3 is 2.57 bits per heavy atom. The lowest BCUT2D eigenvalue weighted by molar-refractivity contribution is 0.0946. The Balaban J connectivity index is 2.01. The molecule has 0 bridgehead atoms. The number of aromatic nitrogens is 1. The van der Waals surface area contributed by atoms with Gasteiger partial charge in [-0.1, -0.05) is 6.07 Å². The number of carbonyl (C=O) groups is 2. The highest BCUT2D eigenvalue weighted by Crippen LogP contribution is 2.27. The van der Waals surface area contributed by atoms with Crippen LogP contribution in [0.5, 0.6) is 11.5 Å². The molecule has 23 heavy (non-hydrogen) atoms. The summed E-state index contributed by atoms with van der Waals surface area (Å²) in [7, 11) is 4.63. The topological polar surface area (TPSA) is 89.6 Å². The van der Waals surface area contributed by atoms with E-state index in [9.17, 15) is 9.59 Å². The van der Waals surface area contributed by atoms with E-state index in [0.717, 1.165) is 16.9 Å². The number of methoxy groups -OCH3 is 2. The van der Waals surface area contributed by atoms with E-state index in [1.807, 2.05) is 6.07 Å². The molecule has 122 valence electrons. The van der Waals surface area contributed by atoms with Crippen molar-refractivity contribution in [3.63, 3.8) is 0 Å². The summed E-state index contributed by atoms with van der Waals surface area (Å²) >= 11 is 1.12. The van der Waals surface area contributed by atoms with Gasteiger partial charge < -0.3 is 20.1 Å². The minimum atomic E-state index is -0.341. The minimum absolute atomic E-state index is 0.217. The van der Waals surface area contributed by atoms with E-state index in [1.54, 1.807) is 31.7 Å². The van der Waals surface area contributed by atoms with Crippen LogP contribution in [0.4, 0.5) is 0 Å². The number of hydrogen-bond acceptors (Lipinski definition) is 6. The van der Waals surface area contributed by atoms with Gasteiger partial charge in [-0.15, -0.1) is 11.3 Å². The van der Waals surface area contributed by atoms with Gasteiger partial charge in [0.1, 0.15) is 5.69 Å². The van der Waals surface area contributed by atoms with Gasteiger partial charge in [-0.3, -0.25) is 9.59 Å². The highest BCUT2D eigenvalue weighted by Gasteiger charge is 2.14. The highest BCUT2D eigenvalue weighted by atomic mass is 32.1. The number of rotatable bonds is 6. The van der Waals surface area contributed by atoms with E-state index < -0.39 is 0 Å². The number of amides is 2. The molecule has 0 unspecified atom stereocenters. The van der Waals surface area contributed by atoms with E-state index in [4.69, 9.17) is 9.47 Å². The molecule has 0 saturated carbocycles. The van der Waals surface area contributed by atoms with E-state index in [-0.39, 0.29) is 22.5 Å². The van der Waals surface area contributed by atoms with Crippen LogP contribution >= 0.6 is 11.3 Å². The standard InChI is InChI=1S/C15H17N3O4S/c1-16-14(20)15-18-10(8-23-15)13(19)17-7-9-4-5-11(21-2)12(6-9)22-3/h4-6,8H,7H2,1-3H3,(H,16,20)(H,17,19). The van der Waals surface area contributed by atoms with Crippen molar-refractivity contribution in [2.45, 2.75) is 6.54 Å². The second-order valence-electron chi connectivity index (χ2n) is 4.49. The zero-order valence-electron chi connectivity index (χ0n) is 13.0. The number of nitrogens with zero attached hydrogens (tertiary/aromatic N) is 1. The fraction of sp³-hybridized carbons (Fsp3) is 0.267. The van der Waals surface area contributed by atoms with Crippen molar-refractivity contribution in [3.8, 4) is 11.5 Å². The molecule has 2 rings (SSSR count). The molecule has 0 atom stereocenters. The molecule has 2 amide bonds. The number of benzene rings is 1. The fourth-order valence-electron chi connectivity index (χ4n) is 1.85. The molecule has 0 aliphatic heterocycles. The first-order valence-corrected chi connectivity index (χ1v) is 7.63. The predicted octanol–water partition coefficient (Wildman–Crippen LogP) is 1.45. The third kappa shape index (κ3) is 3.98. The van der Waals surface area contributed by atoms with Crippen molar-refractivity contribution >= 4 is 23.2 Å². The highest BCUT2D eigenvalue weighted by molar-refractivity contribution is 7.11. The first-order chi connectivity index (χ1) is 11.1. The van der Waals surface area contributed by atoms with Crippen molar-refractivity contribution < 1.29 is 19.1 Å². The van der Waals surface area contributed by atoms with Crippen LogP contribution in [0.1, 0.15) is 25.9 Å². The van der Waals surface area contributed by atoms with Gasteiger partial charge in [0.05, 0.1) is 14.2 Å². The van der Waals surface area contributed by atoms with Gasteiger partial charge in [0.25, 0.3) is 11.8 Å². The number of hydrogen-bond donors (Lipinski definition) is 2. The number of nitrogens with one attached hydrogen (secondary N) is 2. The largest absolute Gasteiger partial charge is 0.493 e. The summed E-state index contributed by atoms with van der Waals surface area (Å²) < 4.78 is 10.4. The molecule has 1 heterocycles. The van der Waals surface area contributed by atoms with Crippen LogP contribution in [0, 0.1) is 0 Å². The van der Waals surface area contributed by atoms with Gasteiger partial charge in [0, 0.05) is 19.0 Å². The summed E-state index contributed by atoms with van der Waals surface area (Å²) in [5.74, 6) is 0.562. The number of thiazole rings is 1. The van der Waals surface area contributed by atoms with Crippen LogP contribution in [0.25, 0.3) is 0 Å². The zero-order valence-corrected chi connectivity index (χ0v) is 13.8. The second-order valence-corrected chi connectivity index (χ2v) is 5.35. The van der Waals surface area contributed by atoms with Gasteiger partial charge >= 0.3 is 0 Å². The third-order valence-electron chi connectivity index (χ3n) is 3.06. The summed E-state index contributed by atoms with van der Waals surface area (Å²) in [6.07, 6.45) is 0. The molecule has 1 aromatic heterocycles. The van der Waals surface area contributed by atoms with Crippen LogP contribution in [-0.4, -0.2) is 38.1 Å². The molecule has 0 aliphatic carbocycles. The first-order valence-electron chi connectivity index (χ1n) is 6.75. The van der Waals surface area contributed by atoms with Crippen molar-refractivity contribution in [2.75, 3.05) is 21.3 Å². The summed E-state index contributed by atoms with van der Waals surface area (Å²) in [6.45, 7) is 0.312. The van der Waals surface area contributed by atoms with Crippen LogP contribution in [0.2, 0.25) is 0 Å². The predicted molar refractivity (Wildman–Crippen MR) is 86.2 cm³/mol. The maximum absolute atomic E-state index is 12.1. The summed E-state index contributed by atoms with van der Waals surface area (Å²) in [5, 5.41) is 7.02. The molecular formula is C15H17N3O4S. The van der Waals surface area contributed by atoms with E-state index in [2.05, 4.69) is 15.6 Å². The molecule has 0 aliphatic rings. The van der Waals surface area contributed by atoms with Gasteiger partial charge in [-0.2, -0.15) is 0 Å². The number of carbonyl (C=O) groups excluding carboxylic acids is 2. The van der Waals surface area contributed by atoms with Gasteiger partial charge in [0.15, 0.2) is 16.5 Å². The maximum atomic E-state index is 12.1. The third-order valence-corrected chi connectivity index (χ3v) is 3.90. The van der Waals surface area contributed by atoms with Crippen LogP contribution in [0.15, 0.2) is 23.6 Å². The summed E-state index contributed by atoms with van der Waals surface area (Å²) in [5.41, 5.74) is 1.08. The van der Waals surface area contributed by atoms with Crippen LogP contribution < -0.4 is 20.1 Å². The molecule has 1 aromatic carbocycles. The first kappa shape index (κ1) is 16.8. The van der Waals surface area contributed by atoms with E-state index in [0.29, 0.717) is 18.0 Å². The van der Waals surface area contributed by atoms with Crippen molar-refractivity contribution in [1.29, 1.82) is 0 Å². The summed E-state index contributed by atoms with van der Waals surface area (Å²) in [4.78, 5) is 27.5. The average molecular weight is 335 g/mol. The molecule has 2 N–H and O–H groups in total. The Kier molecular flexibility index (Phi) is 5.53. The van der Waals surface area contributed by atoms with Gasteiger partial charge in [-0.05, 0) is 17.7 Å². The Hall–Kier alpha value is -2.61. The second kappa shape index (κ2) is 7.59. The number of ether oxygens (including phenoxy) is 2. The zero-order chi connectivity index (χ0) is 16.8. The smallest absolute Gasteiger partial charge is 0.280 e. The molecule has 0 fully saturated rings. The molecule has 0 spiro atoms. The molecular weight excluding hydrogens is 318 g/mol. The molecule has 8 heteroatoms. The molecule has 7 nitrogen and oxygen atoms in total. The Bertz CT molecular complexity index is 714. The lowest BCUT2D eigenvalue weighted by atomic mass is 10.2. The average Bonchev–Trinajstić information content (AvgIpc) is 3.08. The molecule has 0 radical (unpaired) electrons. The Morgan fingerprint density at radius 1 is 1.17 bits per heavy atom. The SMILES string of the molecule is CNC(=O)c1nc(C(=O)NCc2ccc(OC)c(OC)c2)cs1. The van der Waals surface area contributed by atoms with Crippen LogP contribution in [-0.2, 0) is 6.54 Å². The summed E-state index contributed by atoms with van der Waals surface area (Å²) in [6, 6.07) is 5.39. The van der Waals surface area contributed by atoms with E-state index in [1.165, 1.54) is 7.05 Å². The quantitative estimate of drug-likeness (QED) is 0.834. The van der Waals surface area contributed by atoms with Crippen molar-refractivity contribution in [1.82, 2.24) is 15.6 Å². The van der Waals surface area contributed by atoms with Gasteiger partial charge in [0.2, 0.25) is 0 Å². The van der Waals surface area contributed by atoms with Crippen molar-refractivity contribution in [2.24, 2.45) is 0 Å². The van der Waals surface area contributed by atoms with Gasteiger partial charge in [-0.25, -0.2) is 4.98 Å². The minimum Gasteiger partial charge on any atom is -0.493 e.